The molecule has 0 radical (unpaired) electrons. The molecule has 2 N–H and O–H groups in total. The summed E-state index contributed by atoms with van der Waals surface area (Å²) < 4.78 is 0. The second-order valence-corrected chi connectivity index (χ2v) is 4.56. The molecule has 1 aliphatic rings. The predicted octanol–water partition coefficient (Wildman–Crippen LogP) is -0.293. The Morgan fingerprint density at radius 1 is 1.06 bits per heavy atom. The van der Waals surface area contributed by atoms with Crippen molar-refractivity contribution in [1.82, 2.24) is 15.5 Å². The second kappa shape index (κ2) is 5.77. The Hall–Kier alpha value is -1.43. The third-order valence-corrected chi connectivity index (χ3v) is 2.62. The molecule has 0 saturated carbocycles. The third-order valence-electron chi connectivity index (χ3n) is 2.62. The maximum atomic E-state index is 10.9. The summed E-state index contributed by atoms with van der Waals surface area (Å²) in [6, 6.07) is 0.894. The Morgan fingerprint density at radius 2 is 1.53 bits per heavy atom. The summed E-state index contributed by atoms with van der Waals surface area (Å²) in [5.74, 6) is -1.03. The van der Waals surface area contributed by atoms with E-state index in [-0.39, 0.29) is 5.96 Å². The molecule has 6 heteroatoms. The van der Waals surface area contributed by atoms with Crippen LogP contribution in [0.4, 0.5) is 0 Å². The van der Waals surface area contributed by atoms with Gasteiger partial charge in [-0.2, -0.15) is 0 Å². The summed E-state index contributed by atoms with van der Waals surface area (Å²) in [7, 11) is 0. The first kappa shape index (κ1) is 13.6. The molecule has 0 aromatic carbocycles. The molecule has 1 aliphatic heterocycles. The van der Waals surface area contributed by atoms with Crippen LogP contribution in [0.3, 0.4) is 0 Å². The molecule has 1 heterocycles. The number of nitrogens with zero attached hydrogens (tertiary/aromatic N) is 2. The summed E-state index contributed by atoms with van der Waals surface area (Å²) in [5, 5.41) is 4.74. The molecule has 0 bridgehead atoms. The van der Waals surface area contributed by atoms with Gasteiger partial charge in [0.15, 0.2) is 0 Å². The van der Waals surface area contributed by atoms with Crippen LogP contribution in [0.25, 0.3) is 0 Å². The maximum Gasteiger partial charge on any atom is 0.316 e. The molecular weight excluding hydrogens is 220 g/mol. The molecule has 0 spiro atoms. The minimum absolute atomic E-state index is 0.257. The van der Waals surface area contributed by atoms with Gasteiger partial charge in [0, 0.05) is 18.6 Å². The highest BCUT2D eigenvalue weighted by atomic mass is 16.2. The number of carbonyl (C=O) groups excluding carboxylic acids is 2. The zero-order chi connectivity index (χ0) is 13.0. The standard InChI is InChI=1S/C11H20N4O2/c1-7(2)15(8(3)4)6-5-12-11-13-9(16)10(17)14-11/h7-8H,5-6H2,1-4H3,(H2,12,13,14,16,17). The quantitative estimate of drug-likeness (QED) is 0.648. The van der Waals surface area contributed by atoms with Gasteiger partial charge in [-0.25, -0.2) is 0 Å². The van der Waals surface area contributed by atoms with E-state index in [0.29, 0.717) is 18.6 Å². The number of hydrogen-bond donors (Lipinski definition) is 2. The van der Waals surface area contributed by atoms with Gasteiger partial charge in [-0.15, -0.1) is 0 Å². The van der Waals surface area contributed by atoms with Crippen molar-refractivity contribution in [2.24, 2.45) is 4.99 Å². The topological polar surface area (TPSA) is 73.8 Å². The minimum atomic E-state index is -0.645. The number of nitrogens with one attached hydrogen (secondary N) is 2. The highest BCUT2D eigenvalue weighted by molar-refractivity contribution is 6.45. The van der Waals surface area contributed by atoms with Gasteiger partial charge in [-0.1, -0.05) is 0 Å². The molecule has 1 saturated heterocycles. The van der Waals surface area contributed by atoms with Crippen molar-refractivity contribution in [3.05, 3.63) is 0 Å². The largest absolute Gasteiger partial charge is 0.316 e. The van der Waals surface area contributed by atoms with E-state index in [1.807, 2.05) is 0 Å². The lowest BCUT2D eigenvalue weighted by Gasteiger charge is -2.29. The lowest BCUT2D eigenvalue weighted by Crippen LogP contribution is -2.39. The lowest BCUT2D eigenvalue weighted by molar-refractivity contribution is -0.135. The Labute approximate surface area is 101 Å². The molecule has 2 amide bonds. The van der Waals surface area contributed by atoms with Crippen LogP contribution in [0, 0.1) is 0 Å². The minimum Gasteiger partial charge on any atom is -0.297 e. The van der Waals surface area contributed by atoms with Gasteiger partial charge in [0.25, 0.3) is 0 Å². The van der Waals surface area contributed by atoms with Crippen molar-refractivity contribution in [3.8, 4) is 0 Å². The molecule has 0 aliphatic carbocycles. The Kier molecular flexibility index (Phi) is 4.62. The van der Waals surface area contributed by atoms with Crippen LogP contribution in [0.5, 0.6) is 0 Å². The van der Waals surface area contributed by atoms with Gasteiger partial charge in [-0.05, 0) is 27.7 Å². The number of hydrogen-bond acceptors (Lipinski definition) is 4. The van der Waals surface area contributed by atoms with Crippen molar-refractivity contribution in [2.75, 3.05) is 13.1 Å². The third kappa shape index (κ3) is 3.81. The monoisotopic (exact) mass is 240 g/mol. The van der Waals surface area contributed by atoms with Gasteiger partial charge in [-0.3, -0.25) is 30.1 Å². The van der Waals surface area contributed by atoms with Gasteiger partial charge in [0.1, 0.15) is 0 Å². The average molecular weight is 240 g/mol. The van der Waals surface area contributed by atoms with Crippen molar-refractivity contribution in [3.63, 3.8) is 0 Å². The van der Waals surface area contributed by atoms with Crippen molar-refractivity contribution >= 4 is 17.8 Å². The first-order valence-corrected chi connectivity index (χ1v) is 5.84. The van der Waals surface area contributed by atoms with E-state index in [0.717, 1.165) is 6.54 Å². The average Bonchev–Trinajstić information content (AvgIpc) is 2.52. The van der Waals surface area contributed by atoms with Crippen molar-refractivity contribution < 1.29 is 9.59 Å². The fraction of sp³-hybridized carbons (Fsp3) is 0.727. The second-order valence-electron chi connectivity index (χ2n) is 4.56. The van der Waals surface area contributed by atoms with Crippen LogP contribution in [0.1, 0.15) is 27.7 Å². The maximum absolute atomic E-state index is 10.9. The number of amides is 2. The van der Waals surface area contributed by atoms with Crippen LogP contribution in [-0.2, 0) is 9.59 Å². The Balaban J connectivity index is 2.44. The van der Waals surface area contributed by atoms with Crippen molar-refractivity contribution in [2.45, 2.75) is 39.8 Å². The normalized spacial score (nSPS) is 15.8. The van der Waals surface area contributed by atoms with Gasteiger partial charge < -0.3 is 0 Å². The van der Waals surface area contributed by atoms with Crippen LogP contribution >= 0.6 is 0 Å². The molecule has 6 nitrogen and oxygen atoms in total. The summed E-state index contributed by atoms with van der Waals surface area (Å²) in [6.07, 6.45) is 0. The van der Waals surface area contributed by atoms with Gasteiger partial charge in [0.2, 0.25) is 5.96 Å². The molecule has 1 fully saturated rings. The lowest BCUT2D eigenvalue weighted by atomic mass is 10.2. The SMILES string of the molecule is CC(C)N(CCN=C1NC(=O)C(=O)N1)C(C)C. The molecular formula is C11H20N4O2. The molecule has 0 aromatic rings. The molecule has 0 atom stereocenters. The fourth-order valence-corrected chi connectivity index (χ4v) is 1.83. The van der Waals surface area contributed by atoms with Crippen LogP contribution in [-0.4, -0.2) is 47.8 Å². The van der Waals surface area contributed by atoms with Crippen LogP contribution in [0.15, 0.2) is 4.99 Å². The Bertz CT molecular complexity index is 310. The molecule has 96 valence electrons. The van der Waals surface area contributed by atoms with E-state index >= 15 is 0 Å². The number of carbonyl (C=O) groups is 2. The van der Waals surface area contributed by atoms with E-state index in [9.17, 15) is 9.59 Å². The summed E-state index contributed by atoms with van der Waals surface area (Å²) in [4.78, 5) is 28.2. The summed E-state index contributed by atoms with van der Waals surface area (Å²) in [5.41, 5.74) is 0. The number of aliphatic imine (C=N–C) groups is 1. The van der Waals surface area contributed by atoms with Crippen molar-refractivity contribution in [1.29, 1.82) is 0 Å². The predicted molar refractivity (Wildman–Crippen MR) is 65.6 cm³/mol. The zero-order valence-corrected chi connectivity index (χ0v) is 10.8. The number of guanidine groups is 1. The van der Waals surface area contributed by atoms with Crippen LogP contribution < -0.4 is 10.6 Å². The summed E-state index contributed by atoms with van der Waals surface area (Å²) >= 11 is 0. The van der Waals surface area contributed by atoms with Gasteiger partial charge in [0.05, 0.1) is 6.54 Å². The smallest absolute Gasteiger partial charge is 0.297 e. The molecule has 1 rings (SSSR count). The first-order valence-electron chi connectivity index (χ1n) is 5.84. The molecule has 17 heavy (non-hydrogen) atoms. The van der Waals surface area contributed by atoms with E-state index in [1.54, 1.807) is 0 Å². The van der Waals surface area contributed by atoms with E-state index in [4.69, 9.17) is 0 Å². The zero-order valence-electron chi connectivity index (χ0n) is 10.8. The fourth-order valence-electron chi connectivity index (χ4n) is 1.83. The first-order chi connectivity index (χ1) is 7.91. The molecule has 0 unspecified atom stereocenters. The highest BCUT2D eigenvalue weighted by Crippen LogP contribution is 2.03. The number of rotatable bonds is 5. The summed E-state index contributed by atoms with van der Waals surface area (Å²) in [6.45, 7) is 9.87. The van der Waals surface area contributed by atoms with Crippen LogP contribution in [0.2, 0.25) is 0 Å². The van der Waals surface area contributed by atoms with E-state index in [2.05, 4.69) is 48.2 Å². The van der Waals surface area contributed by atoms with Gasteiger partial charge >= 0.3 is 11.8 Å². The Morgan fingerprint density at radius 3 is 1.94 bits per heavy atom. The van der Waals surface area contributed by atoms with E-state index < -0.39 is 11.8 Å². The molecule has 0 aromatic heterocycles. The van der Waals surface area contributed by atoms with E-state index in [1.165, 1.54) is 0 Å². The highest BCUT2D eigenvalue weighted by Gasteiger charge is 2.24.